The monoisotopic (exact) mass is 251 g/mol. The first-order valence-corrected chi connectivity index (χ1v) is 6.82. The van der Waals surface area contributed by atoms with Crippen molar-refractivity contribution in [1.29, 1.82) is 0 Å². The number of rotatable bonds is 9. The number of aromatic nitrogens is 1. The molecule has 1 rings (SSSR count). The van der Waals surface area contributed by atoms with Gasteiger partial charge in [0.2, 0.25) is 0 Å². The van der Waals surface area contributed by atoms with Crippen LogP contribution in [0.3, 0.4) is 0 Å². The number of hydrogen-bond acceptors (Lipinski definition) is 4. The predicted molar refractivity (Wildman–Crippen MR) is 77.0 cm³/mol. The minimum absolute atomic E-state index is 0.272. The van der Waals surface area contributed by atoms with E-state index in [0.29, 0.717) is 5.92 Å². The van der Waals surface area contributed by atoms with Gasteiger partial charge in [0.1, 0.15) is 11.6 Å². The Morgan fingerprint density at radius 3 is 2.50 bits per heavy atom. The molecule has 102 valence electrons. The molecular formula is C14H25N3O. The Bertz CT molecular complexity index is 331. The molecule has 1 aromatic heterocycles. The Labute approximate surface area is 110 Å². The predicted octanol–water partition coefficient (Wildman–Crippen LogP) is 2.72. The highest BCUT2D eigenvalue weighted by Crippen LogP contribution is 2.10. The summed E-state index contributed by atoms with van der Waals surface area (Å²) in [5.41, 5.74) is 0. The number of nitrogens with zero attached hydrogens (tertiary/aromatic N) is 1. The van der Waals surface area contributed by atoms with Crippen LogP contribution in [0, 0.1) is 5.92 Å². The molecule has 1 heterocycles. The van der Waals surface area contributed by atoms with Crippen LogP contribution in [0.5, 0.6) is 0 Å². The van der Waals surface area contributed by atoms with Crippen LogP contribution in [0.1, 0.15) is 33.1 Å². The molecule has 0 fully saturated rings. The second kappa shape index (κ2) is 8.75. The normalized spacial score (nSPS) is 12.2. The summed E-state index contributed by atoms with van der Waals surface area (Å²) in [5, 5.41) is 15.5. The van der Waals surface area contributed by atoms with Crippen molar-refractivity contribution in [3.05, 3.63) is 18.2 Å². The van der Waals surface area contributed by atoms with E-state index in [-0.39, 0.29) is 6.61 Å². The van der Waals surface area contributed by atoms with E-state index in [2.05, 4.69) is 29.5 Å². The fourth-order valence-electron chi connectivity index (χ4n) is 1.64. The highest BCUT2D eigenvalue weighted by Gasteiger charge is 2.00. The van der Waals surface area contributed by atoms with Gasteiger partial charge in [0, 0.05) is 19.7 Å². The third kappa shape index (κ3) is 5.87. The zero-order chi connectivity index (χ0) is 13.2. The maximum Gasteiger partial charge on any atom is 0.128 e. The first-order valence-electron chi connectivity index (χ1n) is 6.82. The van der Waals surface area contributed by atoms with Gasteiger partial charge in [-0.3, -0.25) is 0 Å². The van der Waals surface area contributed by atoms with Crippen molar-refractivity contribution in [2.24, 2.45) is 5.92 Å². The van der Waals surface area contributed by atoms with E-state index in [4.69, 9.17) is 5.11 Å². The van der Waals surface area contributed by atoms with Gasteiger partial charge in [-0.25, -0.2) is 4.98 Å². The first kappa shape index (κ1) is 14.8. The Morgan fingerprint density at radius 1 is 1.22 bits per heavy atom. The van der Waals surface area contributed by atoms with Crippen LogP contribution in [0.4, 0.5) is 11.6 Å². The van der Waals surface area contributed by atoms with E-state index >= 15 is 0 Å². The zero-order valence-corrected chi connectivity index (χ0v) is 11.4. The molecule has 0 aromatic carbocycles. The quantitative estimate of drug-likeness (QED) is 0.591. The van der Waals surface area contributed by atoms with E-state index in [0.717, 1.165) is 44.0 Å². The summed E-state index contributed by atoms with van der Waals surface area (Å²) < 4.78 is 0. The van der Waals surface area contributed by atoms with Crippen LogP contribution in [0.15, 0.2) is 18.2 Å². The molecular weight excluding hydrogens is 226 g/mol. The van der Waals surface area contributed by atoms with Gasteiger partial charge >= 0.3 is 0 Å². The van der Waals surface area contributed by atoms with Crippen molar-refractivity contribution in [1.82, 2.24) is 4.98 Å². The molecule has 1 aromatic rings. The van der Waals surface area contributed by atoms with E-state index < -0.39 is 0 Å². The van der Waals surface area contributed by atoms with Gasteiger partial charge < -0.3 is 15.7 Å². The van der Waals surface area contributed by atoms with Crippen LogP contribution >= 0.6 is 0 Å². The van der Waals surface area contributed by atoms with Crippen molar-refractivity contribution in [3.63, 3.8) is 0 Å². The summed E-state index contributed by atoms with van der Waals surface area (Å²) in [6.45, 7) is 6.32. The molecule has 0 saturated heterocycles. The van der Waals surface area contributed by atoms with E-state index in [9.17, 15) is 0 Å². The van der Waals surface area contributed by atoms with Crippen LogP contribution < -0.4 is 10.6 Å². The smallest absolute Gasteiger partial charge is 0.128 e. The largest absolute Gasteiger partial charge is 0.396 e. The second-order valence-electron chi connectivity index (χ2n) is 4.69. The minimum atomic E-state index is 0.272. The first-order chi connectivity index (χ1) is 8.76. The fraction of sp³-hybridized carbons (Fsp3) is 0.643. The summed E-state index contributed by atoms with van der Waals surface area (Å²) in [5.74, 6) is 2.22. The van der Waals surface area contributed by atoms with Crippen molar-refractivity contribution < 1.29 is 5.11 Å². The molecule has 0 aliphatic carbocycles. The van der Waals surface area contributed by atoms with Crippen molar-refractivity contribution in [3.8, 4) is 0 Å². The number of aliphatic hydroxyl groups is 1. The SMILES string of the molecule is CCCNc1cccc(NCCCC(C)CO)n1. The average molecular weight is 251 g/mol. The van der Waals surface area contributed by atoms with Gasteiger partial charge in [0.25, 0.3) is 0 Å². The molecule has 0 aliphatic heterocycles. The molecule has 0 bridgehead atoms. The molecule has 4 heteroatoms. The highest BCUT2D eigenvalue weighted by atomic mass is 16.3. The highest BCUT2D eigenvalue weighted by molar-refractivity contribution is 5.44. The zero-order valence-electron chi connectivity index (χ0n) is 11.4. The molecule has 18 heavy (non-hydrogen) atoms. The van der Waals surface area contributed by atoms with E-state index in [1.165, 1.54) is 0 Å². The lowest BCUT2D eigenvalue weighted by Crippen LogP contribution is -2.08. The van der Waals surface area contributed by atoms with Crippen molar-refractivity contribution in [2.45, 2.75) is 33.1 Å². The maximum atomic E-state index is 8.93. The maximum absolute atomic E-state index is 8.93. The van der Waals surface area contributed by atoms with Gasteiger partial charge in [0.05, 0.1) is 0 Å². The van der Waals surface area contributed by atoms with Crippen molar-refractivity contribution in [2.75, 3.05) is 30.3 Å². The lowest BCUT2D eigenvalue weighted by molar-refractivity contribution is 0.229. The third-order valence-corrected chi connectivity index (χ3v) is 2.80. The molecule has 1 atom stereocenters. The van der Waals surface area contributed by atoms with Crippen LogP contribution in [0.25, 0.3) is 0 Å². The summed E-state index contributed by atoms with van der Waals surface area (Å²) in [4.78, 5) is 4.48. The summed E-state index contributed by atoms with van der Waals surface area (Å²) in [6.07, 6.45) is 3.19. The number of aliphatic hydroxyl groups excluding tert-OH is 1. The molecule has 0 spiro atoms. The molecule has 1 unspecified atom stereocenters. The molecule has 4 nitrogen and oxygen atoms in total. The van der Waals surface area contributed by atoms with Crippen LogP contribution in [-0.2, 0) is 0 Å². The van der Waals surface area contributed by atoms with Crippen LogP contribution in [-0.4, -0.2) is 29.8 Å². The number of hydrogen-bond donors (Lipinski definition) is 3. The Hall–Kier alpha value is -1.29. The topological polar surface area (TPSA) is 57.2 Å². The number of anilines is 2. The summed E-state index contributed by atoms with van der Waals surface area (Å²) in [6, 6.07) is 5.96. The lowest BCUT2D eigenvalue weighted by Gasteiger charge is -2.10. The molecule has 0 radical (unpaired) electrons. The van der Waals surface area contributed by atoms with Gasteiger partial charge in [0.15, 0.2) is 0 Å². The lowest BCUT2D eigenvalue weighted by atomic mass is 10.1. The fourth-order valence-corrected chi connectivity index (χ4v) is 1.64. The summed E-state index contributed by atoms with van der Waals surface area (Å²) in [7, 11) is 0. The Balaban J connectivity index is 2.29. The molecule has 0 aliphatic rings. The van der Waals surface area contributed by atoms with Crippen LogP contribution in [0.2, 0.25) is 0 Å². The Kier molecular flexibility index (Phi) is 7.18. The van der Waals surface area contributed by atoms with Gasteiger partial charge in [-0.05, 0) is 37.3 Å². The number of nitrogens with one attached hydrogen (secondary N) is 2. The van der Waals surface area contributed by atoms with E-state index in [1.807, 2.05) is 18.2 Å². The Morgan fingerprint density at radius 2 is 1.89 bits per heavy atom. The summed E-state index contributed by atoms with van der Waals surface area (Å²) >= 11 is 0. The van der Waals surface area contributed by atoms with Gasteiger partial charge in [-0.15, -0.1) is 0 Å². The second-order valence-corrected chi connectivity index (χ2v) is 4.69. The number of pyridine rings is 1. The van der Waals surface area contributed by atoms with Crippen molar-refractivity contribution >= 4 is 11.6 Å². The molecule has 3 N–H and O–H groups in total. The molecule has 0 amide bonds. The van der Waals surface area contributed by atoms with Gasteiger partial charge in [-0.2, -0.15) is 0 Å². The standard InChI is InChI=1S/C14H25N3O/c1-3-9-15-13-7-4-8-14(17-13)16-10-5-6-12(2)11-18/h4,7-8,12,18H,3,5-6,9-11H2,1-2H3,(H2,15,16,17). The minimum Gasteiger partial charge on any atom is -0.396 e. The third-order valence-electron chi connectivity index (χ3n) is 2.80. The van der Waals surface area contributed by atoms with Gasteiger partial charge in [-0.1, -0.05) is 19.9 Å². The molecule has 0 saturated carbocycles. The van der Waals surface area contributed by atoms with E-state index in [1.54, 1.807) is 0 Å². The average Bonchev–Trinajstić information content (AvgIpc) is 2.41.